The lowest BCUT2D eigenvalue weighted by Gasteiger charge is -2.43. The van der Waals surface area contributed by atoms with E-state index in [1.165, 1.54) is 4.90 Å². The van der Waals surface area contributed by atoms with E-state index in [0.29, 0.717) is 16.9 Å². The molecule has 8 heteroatoms. The van der Waals surface area contributed by atoms with Crippen molar-refractivity contribution in [1.29, 1.82) is 0 Å². The van der Waals surface area contributed by atoms with Crippen molar-refractivity contribution in [3.63, 3.8) is 0 Å². The van der Waals surface area contributed by atoms with Crippen LogP contribution in [0.2, 0.25) is 0 Å². The van der Waals surface area contributed by atoms with Crippen molar-refractivity contribution in [2.75, 3.05) is 13.2 Å². The minimum Gasteiger partial charge on any atom is -0.462 e. The zero-order chi connectivity index (χ0) is 23.2. The van der Waals surface area contributed by atoms with Gasteiger partial charge in [0.2, 0.25) is 5.60 Å². The largest absolute Gasteiger partial charge is 0.462 e. The molecular formula is C24H25NO7. The van der Waals surface area contributed by atoms with E-state index in [9.17, 15) is 14.4 Å². The molecule has 1 aromatic rings. The maximum Gasteiger partial charge on any atom is 0.355 e. The first kappa shape index (κ1) is 21.8. The van der Waals surface area contributed by atoms with Gasteiger partial charge >= 0.3 is 17.9 Å². The highest BCUT2D eigenvalue weighted by atomic mass is 16.6. The van der Waals surface area contributed by atoms with Crippen LogP contribution in [0.5, 0.6) is 5.75 Å². The molecule has 0 saturated heterocycles. The summed E-state index contributed by atoms with van der Waals surface area (Å²) in [6.07, 6.45) is 5.88. The van der Waals surface area contributed by atoms with Gasteiger partial charge in [-0.3, -0.25) is 0 Å². The number of ether oxygens (including phenoxy) is 4. The summed E-state index contributed by atoms with van der Waals surface area (Å²) in [6, 6.07) is 1.90. The Morgan fingerprint density at radius 3 is 2.44 bits per heavy atom. The molecular weight excluding hydrogens is 414 g/mol. The predicted octanol–water partition coefficient (Wildman–Crippen LogP) is 2.85. The van der Waals surface area contributed by atoms with E-state index in [4.69, 9.17) is 18.9 Å². The molecule has 0 bridgehead atoms. The van der Waals surface area contributed by atoms with Crippen molar-refractivity contribution < 1.29 is 33.3 Å². The maximum absolute atomic E-state index is 13.5. The SMILES string of the molecule is CCOC(=O)C1=C(C(=O)OCC)[C@]2(O[C@H]3C=CC=CN13)C(=O)Oc1c(C)c(C)cc(C)c12. The molecule has 1 aromatic carbocycles. The third-order valence-corrected chi connectivity index (χ3v) is 5.82. The monoisotopic (exact) mass is 439 g/mol. The van der Waals surface area contributed by atoms with E-state index in [0.717, 1.165) is 11.1 Å². The van der Waals surface area contributed by atoms with E-state index >= 15 is 0 Å². The van der Waals surface area contributed by atoms with Gasteiger partial charge in [0, 0.05) is 11.8 Å². The zero-order valence-electron chi connectivity index (χ0n) is 18.7. The first-order valence-electron chi connectivity index (χ1n) is 10.5. The second kappa shape index (κ2) is 7.94. The van der Waals surface area contributed by atoms with Crippen molar-refractivity contribution in [2.45, 2.75) is 46.4 Å². The predicted molar refractivity (Wildman–Crippen MR) is 113 cm³/mol. The first-order chi connectivity index (χ1) is 15.3. The van der Waals surface area contributed by atoms with Crippen molar-refractivity contribution >= 4 is 17.9 Å². The van der Waals surface area contributed by atoms with Gasteiger partial charge in [-0.05, 0) is 63.5 Å². The van der Waals surface area contributed by atoms with Gasteiger partial charge in [0.1, 0.15) is 17.0 Å². The number of nitrogens with zero attached hydrogens (tertiary/aromatic N) is 1. The molecule has 32 heavy (non-hydrogen) atoms. The molecule has 0 aliphatic carbocycles. The Morgan fingerprint density at radius 2 is 1.75 bits per heavy atom. The number of benzene rings is 1. The number of rotatable bonds is 4. The standard InChI is InChI=1S/C24H25NO7/c1-6-29-21(26)18-19(22(27)30-7-2)25-11-9-8-10-16(25)32-24(18)17-14(4)12-13(3)15(5)20(17)31-23(24)28/h8-12,16H,6-7H2,1-5H3/t16-,24-/m0/s1. The number of carbonyl (C=O) groups is 3. The summed E-state index contributed by atoms with van der Waals surface area (Å²) in [5, 5.41) is 0. The fourth-order valence-corrected chi connectivity index (χ4v) is 4.38. The lowest BCUT2D eigenvalue weighted by Crippen LogP contribution is -2.55. The molecule has 0 fully saturated rings. The molecule has 1 spiro atoms. The molecule has 0 amide bonds. The minimum absolute atomic E-state index is 0.0432. The van der Waals surface area contributed by atoms with Crippen molar-refractivity contribution in [1.82, 2.24) is 4.90 Å². The Kier molecular flexibility index (Phi) is 5.42. The Morgan fingerprint density at radius 1 is 1.06 bits per heavy atom. The van der Waals surface area contributed by atoms with Crippen LogP contribution in [-0.2, 0) is 34.2 Å². The molecule has 0 radical (unpaired) electrons. The lowest BCUT2D eigenvalue weighted by molar-refractivity contribution is -0.178. The first-order valence-corrected chi connectivity index (χ1v) is 10.5. The Bertz CT molecular complexity index is 1110. The van der Waals surface area contributed by atoms with E-state index in [1.807, 2.05) is 26.8 Å². The quantitative estimate of drug-likeness (QED) is 0.523. The highest BCUT2D eigenvalue weighted by Crippen LogP contribution is 2.54. The average molecular weight is 439 g/mol. The summed E-state index contributed by atoms with van der Waals surface area (Å²) >= 11 is 0. The molecule has 4 rings (SSSR count). The van der Waals surface area contributed by atoms with Gasteiger partial charge in [0.15, 0.2) is 6.23 Å². The molecule has 2 atom stereocenters. The van der Waals surface area contributed by atoms with Crippen molar-refractivity contribution in [2.24, 2.45) is 0 Å². The van der Waals surface area contributed by atoms with Crippen molar-refractivity contribution in [3.05, 3.63) is 64.0 Å². The van der Waals surface area contributed by atoms with Gasteiger partial charge in [-0.2, -0.15) is 0 Å². The number of fused-ring (bicyclic) bond motifs is 3. The van der Waals surface area contributed by atoms with Crippen LogP contribution in [0.4, 0.5) is 0 Å². The third kappa shape index (κ3) is 2.97. The van der Waals surface area contributed by atoms with Gasteiger partial charge in [-0.1, -0.05) is 12.1 Å². The highest BCUT2D eigenvalue weighted by Gasteiger charge is 2.63. The second-order valence-electron chi connectivity index (χ2n) is 7.72. The average Bonchev–Trinajstić information content (AvgIpc) is 3.04. The Hall–Kier alpha value is -3.39. The molecule has 0 saturated carbocycles. The number of carbonyl (C=O) groups excluding carboxylic acids is 3. The molecule has 8 nitrogen and oxygen atoms in total. The molecule has 0 unspecified atom stereocenters. The van der Waals surface area contributed by atoms with Crippen LogP contribution in [0, 0.1) is 20.8 Å². The smallest absolute Gasteiger partial charge is 0.355 e. The van der Waals surface area contributed by atoms with Crippen LogP contribution < -0.4 is 4.74 Å². The van der Waals surface area contributed by atoms with Gasteiger partial charge < -0.3 is 23.8 Å². The van der Waals surface area contributed by atoms with Crippen LogP contribution in [0.25, 0.3) is 0 Å². The summed E-state index contributed by atoms with van der Waals surface area (Å²) in [5.41, 5.74) is 0.454. The van der Waals surface area contributed by atoms with Gasteiger partial charge in [-0.25, -0.2) is 14.4 Å². The normalized spacial score (nSPS) is 23.2. The molecule has 3 aliphatic heterocycles. The number of hydrogen-bond donors (Lipinski definition) is 0. The van der Waals surface area contributed by atoms with E-state index in [2.05, 4.69) is 0 Å². The van der Waals surface area contributed by atoms with Crippen molar-refractivity contribution in [3.8, 4) is 5.75 Å². The fraction of sp³-hybridized carbons (Fsp3) is 0.375. The number of aryl methyl sites for hydroxylation is 2. The number of allylic oxidation sites excluding steroid dienone is 2. The summed E-state index contributed by atoms with van der Waals surface area (Å²) in [7, 11) is 0. The molecule has 168 valence electrons. The zero-order valence-corrected chi connectivity index (χ0v) is 18.7. The molecule has 0 aromatic heterocycles. The van der Waals surface area contributed by atoms with E-state index in [-0.39, 0.29) is 24.5 Å². The minimum atomic E-state index is -1.97. The second-order valence-corrected chi connectivity index (χ2v) is 7.72. The molecule has 3 heterocycles. The number of esters is 3. The van der Waals surface area contributed by atoms with Gasteiger partial charge in [0.05, 0.1) is 13.2 Å². The van der Waals surface area contributed by atoms with Crippen LogP contribution >= 0.6 is 0 Å². The topological polar surface area (TPSA) is 91.4 Å². The van der Waals surface area contributed by atoms with Crippen LogP contribution in [0.15, 0.2) is 41.8 Å². The summed E-state index contributed by atoms with van der Waals surface area (Å²) < 4.78 is 22.6. The summed E-state index contributed by atoms with van der Waals surface area (Å²) in [4.78, 5) is 41.5. The molecule has 3 aliphatic rings. The fourth-order valence-electron chi connectivity index (χ4n) is 4.38. The van der Waals surface area contributed by atoms with Crippen LogP contribution in [0.3, 0.4) is 0 Å². The highest BCUT2D eigenvalue weighted by molar-refractivity contribution is 6.10. The maximum atomic E-state index is 13.5. The van der Waals surface area contributed by atoms with E-state index in [1.54, 1.807) is 38.3 Å². The summed E-state index contributed by atoms with van der Waals surface area (Å²) in [5.74, 6) is -2.07. The van der Waals surface area contributed by atoms with Crippen LogP contribution in [0.1, 0.15) is 36.1 Å². The Balaban J connectivity index is 2.11. The van der Waals surface area contributed by atoms with E-state index < -0.39 is 29.7 Å². The van der Waals surface area contributed by atoms with Crippen LogP contribution in [-0.4, -0.2) is 42.2 Å². The number of hydrogen-bond acceptors (Lipinski definition) is 8. The van der Waals surface area contributed by atoms with Gasteiger partial charge in [-0.15, -0.1) is 0 Å². The Labute approximate surface area is 186 Å². The molecule has 0 N–H and O–H groups in total. The third-order valence-electron chi connectivity index (χ3n) is 5.82. The van der Waals surface area contributed by atoms with Gasteiger partial charge in [0.25, 0.3) is 0 Å². The summed E-state index contributed by atoms with van der Waals surface area (Å²) in [6.45, 7) is 8.99. The lowest BCUT2D eigenvalue weighted by atomic mass is 9.80.